The first-order valence-corrected chi connectivity index (χ1v) is 9.77. The quantitative estimate of drug-likeness (QED) is 0.817. The van der Waals surface area contributed by atoms with E-state index in [4.69, 9.17) is 9.72 Å². The number of nitrogens with zero attached hydrogens (tertiary/aromatic N) is 1. The summed E-state index contributed by atoms with van der Waals surface area (Å²) in [6, 6.07) is 5.94. The van der Waals surface area contributed by atoms with E-state index in [0.717, 1.165) is 53.4 Å². The van der Waals surface area contributed by atoms with Crippen LogP contribution < -0.4 is 5.32 Å². The molecule has 1 atom stereocenters. The number of nitrogens with one attached hydrogen (secondary N) is 1. The van der Waals surface area contributed by atoms with Crippen molar-refractivity contribution < 1.29 is 14.3 Å². The number of esters is 1. The maximum absolute atomic E-state index is 13.1. The number of ether oxygens (including phenoxy) is 1. The van der Waals surface area contributed by atoms with Gasteiger partial charge in [-0.3, -0.25) is 9.78 Å². The van der Waals surface area contributed by atoms with E-state index in [1.807, 2.05) is 39.0 Å². The summed E-state index contributed by atoms with van der Waals surface area (Å²) in [7, 11) is 0. The molecule has 0 aliphatic heterocycles. The number of hydrogen-bond donors (Lipinski definition) is 1. The second-order valence-electron chi connectivity index (χ2n) is 7.83. The topological polar surface area (TPSA) is 68.3 Å². The molecule has 1 heterocycles. The Kier molecular flexibility index (Phi) is 5.78. The Morgan fingerprint density at radius 1 is 1.19 bits per heavy atom. The number of amides is 1. The van der Waals surface area contributed by atoms with Crippen LogP contribution in [0, 0.1) is 12.8 Å². The average Bonchev–Trinajstić information content (AvgIpc) is 2.63. The molecule has 5 nitrogen and oxygen atoms in total. The third-order valence-corrected chi connectivity index (χ3v) is 4.96. The molecule has 0 saturated carbocycles. The summed E-state index contributed by atoms with van der Waals surface area (Å²) >= 11 is 0. The minimum absolute atomic E-state index is 0.263. The lowest BCUT2D eigenvalue weighted by molar-refractivity contribution is -0.129. The van der Waals surface area contributed by atoms with Crippen molar-refractivity contribution >= 4 is 22.8 Å². The highest BCUT2D eigenvalue weighted by Crippen LogP contribution is 2.30. The lowest BCUT2D eigenvalue weighted by atomic mass is 9.89. The Labute approximate surface area is 160 Å². The van der Waals surface area contributed by atoms with E-state index in [1.165, 1.54) is 0 Å². The average molecular weight is 368 g/mol. The molecule has 1 amide bonds. The van der Waals surface area contributed by atoms with Crippen molar-refractivity contribution in [3.63, 3.8) is 0 Å². The first kappa shape index (κ1) is 19.3. The summed E-state index contributed by atoms with van der Waals surface area (Å²) in [5.74, 6) is -0.352. The van der Waals surface area contributed by atoms with E-state index >= 15 is 0 Å². The molecule has 1 aromatic heterocycles. The number of aromatic nitrogens is 1. The summed E-state index contributed by atoms with van der Waals surface area (Å²) in [6.45, 7) is 8.22. The zero-order valence-corrected chi connectivity index (χ0v) is 16.6. The fourth-order valence-electron chi connectivity index (χ4n) is 3.49. The monoisotopic (exact) mass is 368 g/mol. The van der Waals surface area contributed by atoms with Crippen molar-refractivity contribution in [3.05, 3.63) is 40.6 Å². The lowest BCUT2D eigenvalue weighted by Crippen LogP contribution is -2.37. The highest BCUT2D eigenvalue weighted by atomic mass is 16.5. The van der Waals surface area contributed by atoms with Gasteiger partial charge in [-0.2, -0.15) is 0 Å². The minimum Gasteiger partial charge on any atom is -0.449 e. The number of rotatable bonds is 5. The van der Waals surface area contributed by atoms with Gasteiger partial charge in [-0.05, 0) is 63.1 Å². The summed E-state index contributed by atoms with van der Waals surface area (Å²) in [5, 5.41) is 3.63. The lowest BCUT2D eigenvalue weighted by Gasteiger charge is -2.21. The standard InChI is InChI=1S/C22H28N2O3/c1-13(2)12-23-21(25)15(4)27-22(26)20-16-7-5-6-8-18(16)24-19-10-9-14(3)11-17(19)20/h9-11,13,15H,5-8,12H2,1-4H3,(H,23,25). The molecule has 1 aliphatic rings. The minimum atomic E-state index is -0.830. The molecule has 3 rings (SSSR count). The predicted molar refractivity (Wildman–Crippen MR) is 106 cm³/mol. The summed E-state index contributed by atoms with van der Waals surface area (Å²) < 4.78 is 5.57. The molecule has 1 aliphatic carbocycles. The molecule has 1 aromatic carbocycles. The molecular formula is C22H28N2O3. The number of carbonyl (C=O) groups excluding carboxylic acids is 2. The van der Waals surface area contributed by atoms with Crippen molar-refractivity contribution in [2.24, 2.45) is 5.92 Å². The van der Waals surface area contributed by atoms with Gasteiger partial charge in [0.2, 0.25) is 0 Å². The Morgan fingerprint density at radius 3 is 2.67 bits per heavy atom. The van der Waals surface area contributed by atoms with Crippen LogP contribution in [0.5, 0.6) is 0 Å². The van der Waals surface area contributed by atoms with Crippen LogP contribution in [0.3, 0.4) is 0 Å². The highest BCUT2D eigenvalue weighted by molar-refractivity contribution is 6.06. The maximum Gasteiger partial charge on any atom is 0.339 e. The van der Waals surface area contributed by atoms with Gasteiger partial charge in [-0.15, -0.1) is 0 Å². The van der Waals surface area contributed by atoms with Gasteiger partial charge in [-0.25, -0.2) is 4.79 Å². The van der Waals surface area contributed by atoms with Gasteiger partial charge >= 0.3 is 5.97 Å². The second kappa shape index (κ2) is 8.07. The highest BCUT2D eigenvalue weighted by Gasteiger charge is 2.26. The molecule has 0 fully saturated rings. The molecule has 144 valence electrons. The van der Waals surface area contributed by atoms with Crippen molar-refractivity contribution in [3.8, 4) is 0 Å². The van der Waals surface area contributed by atoms with Crippen LogP contribution in [0.25, 0.3) is 10.9 Å². The van der Waals surface area contributed by atoms with E-state index < -0.39 is 12.1 Å². The zero-order chi connectivity index (χ0) is 19.6. The van der Waals surface area contributed by atoms with E-state index in [0.29, 0.717) is 18.0 Å². The molecule has 0 saturated heterocycles. The van der Waals surface area contributed by atoms with Gasteiger partial charge in [-0.1, -0.05) is 25.5 Å². The Bertz CT molecular complexity index is 873. The number of hydrogen-bond acceptors (Lipinski definition) is 4. The number of carbonyl (C=O) groups is 2. The fourth-order valence-corrected chi connectivity index (χ4v) is 3.49. The van der Waals surface area contributed by atoms with Crippen LogP contribution in [0.4, 0.5) is 0 Å². The van der Waals surface area contributed by atoms with Gasteiger partial charge in [0.05, 0.1) is 11.1 Å². The molecule has 1 unspecified atom stereocenters. The third kappa shape index (κ3) is 4.29. The zero-order valence-electron chi connectivity index (χ0n) is 16.6. The van der Waals surface area contributed by atoms with E-state index in [2.05, 4.69) is 5.32 Å². The van der Waals surface area contributed by atoms with E-state index in [9.17, 15) is 9.59 Å². The Hall–Kier alpha value is -2.43. The van der Waals surface area contributed by atoms with E-state index in [1.54, 1.807) is 6.92 Å². The van der Waals surface area contributed by atoms with Gasteiger partial charge in [0.25, 0.3) is 5.91 Å². The predicted octanol–water partition coefficient (Wildman–Crippen LogP) is 3.74. The van der Waals surface area contributed by atoms with Crippen molar-refractivity contribution in [1.29, 1.82) is 0 Å². The normalized spacial score (nSPS) is 14.7. The number of aryl methyl sites for hydroxylation is 2. The van der Waals surface area contributed by atoms with Crippen molar-refractivity contribution in [2.75, 3.05) is 6.54 Å². The summed E-state index contributed by atoms with van der Waals surface area (Å²) in [6.07, 6.45) is 2.99. The van der Waals surface area contributed by atoms with Crippen molar-refractivity contribution in [1.82, 2.24) is 10.3 Å². The van der Waals surface area contributed by atoms with Gasteiger partial charge in [0.1, 0.15) is 0 Å². The van der Waals surface area contributed by atoms with Crippen LogP contribution in [0.2, 0.25) is 0 Å². The molecule has 5 heteroatoms. The van der Waals surface area contributed by atoms with E-state index in [-0.39, 0.29) is 5.91 Å². The second-order valence-corrected chi connectivity index (χ2v) is 7.83. The van der Waals surface area contributed by atoms with Crippen LogP contribution in [0.15, 0.2) is 18.2 Å². The first-order chi connectivity index (χ1) is 12.9. The van der Waals surface area contributed by atoms with Gasteiger partial charge in [0.15, 0.2) is 6.10 Å². The first-order valence-electron chi connectivity index (χ1n) is 9.77. The SMILES string of the molecule is Cc1ccc2nc3c(c(C(=O)OC(C)C(=O)NCC(C)C)c2c1)CCCC3. The smallest absolute Gasteiger partial charge is 0.339 e. The summed E-state index contributed by atoms with van der Waals surface area (Å²) in [4.78, 5) is 30.1. The largest absolute Gasteiger partial charge is 0.449 e. The third-order valence-electron chi connectivity index (χ3n) is 4.96. The van der Waals surface area contributed by atoms with Gasteiger partial charge in [0, 0.05) is 17.6 Å². The molecule has 0 radical (unpaired) electrons. The van der Waals surface area contributed by atoms with Gasteiger partial charge < -0.3 is 10.1 Å². The number of benzene rings is 1. The Balaban J connectivity index is 1.93. The fraction of sp³-hybridized carbons (Fsp3) is 0.500. The Morgan fingerprint density at radius 2 is 1.93 bits per heavy atom. The molecule has 0 spiro atoms. The molecule has 27 heavy (non-hydrogen) atoms. The summed E-state index contributed by atoms with van der Waals surface area (Å²) in [5.41, 5.74) is 4.43. The van der Waals surface area contributed by atoms with Crippen LogP contribution in [0.1, 0.15) is 60.8 Å². The van der Waals surface area contributed by atoms with Crippen LogP contribution >= 0.6 is 0 Å². The maximum atomic E-state index is 13.1. The number of pyridine rings is 1. The van der Waals surface area contributed by atoms with Crippen LogP contribution in [-0.2, 0) is 22.4 Å². The molecule has 0 bridgehead atoms. The molecular weight excluding hydrogens is 340 g/mol. The van der Waals surface area contributed by atoms with Crippen LogP contribution in [-0.4, -0.2) is 29.5 Å². The van der Waals surface area contributed by atoms with Crippen molar-refractivity contribution in [2.45, 2.75) is 59.5 Å². The number of fused-ring (bicyclic) bond motifs is 2. The molecule has 2 aromatic rings. The molecule has 1 N–H and O–H groups in total.